The van der Waals surface area contributed by atoms with Crippen LogP contribution in [0.2, 0.25) is 0 Å². The Morgan fingerprint density at radius 1 is 1.35 bits per heavy atom. The first-order chi connectivity index (χ1) is 7.99. The fourth-order valence-electron chi connectivity index (χ4n) is 1.27. The van der Waals surface area contributed by atoms with Gasteiger partial charge in [-0.05, 0) is 32.0 Å². The van der Waals surface area contributed by atoms with Crippen molar-refractivity contribution in [3.8, 4) is 0 Å². The number of rotatable bonds is 4. The highest BCUT2D eigenvalue weighted by Gasteiger charge is 2.08. The van der Waals surface area contributed by atoms with Crippen molar-refractivity contribution < 1.29 is 14.0 Å². The van der Waals surface area contributed by atoms with Crippen LogP contribution < -0.4 is 10.6 Å². The second-order valence-electron chi connectivity index (χ2n) is 3.92. The summed E-state index contributed by atoms with van der Waals surface area (Å²) < 4.78 is 12.8. The van der Waals surface area contributed by atoms with Crippen LogP contribution in [0.5, 0.6) is 0 Å². The third kappa shape index (κ3) is 4.63. The van der Waals surface area contributed by atoms with E-state index in [0.717, 1.165) is 6.07 Å². The number of benzene rings is 1. The van der Waals surface area contributed by atoms with Crippen LogP contribution in [0.3, 0.4) is 0 Å². The van der Waals surface area contributed by atoms with Crippen molar-refractivity contribution >= 4 is 11.8 Å². The molecule has 0 radical (unpaired) electrons. The monoisotopic (exact) mass is 238 g/mol. The molecule has 0 unspecified atom stereocenters. The van der Waals surface area contributed by atoms with Gasteiger partial charge in [0.25, 0.3) is 5.91 Å². The molecule has 5 heteroatoms. The standard InChI is InChI=1S/C12H15FN2O2/c1-8(2)15-11(16)7-14-12(17)9-4-3-5-10(13)6-9/h3-6,8H,7H2,1-2H3,(H,14,17)(H,15,16). The third-order valence-corrected chi connectivity index (χ3v) is 1.95. The summed E-state index contributed by atoms with van der Waals surface area (Å²) in [6.45, 7) is 3.53. The summed E-state index contributed by atoms with van der Waals surface area (Å²) in [5, 5.41) is 5.05. The van der Waals surface area contributed by atoms with Crippen molar-refractivity contribution in [1.82, 2.24) is 10.6 Å². The number of carbonyl (C=O) groups is 2. The Bertz CT molecular complexity index is 419. The van der Waals surface area contributed by atoms with Gasteiger partial charge >= 0.3 is 0 Å². The predicted molar refractivity (Wildman–Crippen MR) is 62.0 cm³/mol. The van der Waals surface area contributed by atoms with Gasteiger partial charge in [-0.2, -0.15) is 0 Å². The Balaban J connectivity index is 2.48. The molecule has 1 aromatic rings. The summed E-state index contributed by atoms with van der Waals surface area (Å²) in [5.41, 5.74) is 0.197. The van der Waals surface area contributed by atoms with E-state index < -0.39 is 11.7 Å². The minimum absolute atomic E-state index is 0.0218. The van der Waals surface area contributed by atoms with Crippen LogP contribution in [0.1, 0.15) is 24.2 Å². The zero-order valence-corrected chi connectivity index (χ0v) is 9.79. The van der Waals surface area contributed by atoms with Crippen LogP contribution in [-0.4, -0.2) is 24.4 Å². The Morgan fingerprint density at radius 3 is 2.65 bits per heavy atom. The summed E-state index contributed by atoms with van der Waals surface area (Å²) >= 11 is 0. The maximum Gasteiger partial charge on any atom is 0.251 e. The van der Waals surface area contributed by atoms with Crippen LogP contribution in [-0.2, 0) is 4.79 Å². The number of hydrogen-bond acceptors (Lipinski definition) is 2. The van der Waals surface area contributed by atoms with E-state index in [1.54, 1.807) is 0 Å². The summed E-state index contributed by atoms with van der Waals surface area (Å²) in [7, 11) is 0. The second kappa shape index (κ2) is 5.98. The van der Waals surface area contributed by atoms with Gasteiger partial charge in [-0.15, -0.1) is 0 Å². The highest BCUT2D eigenvalue weighted by molar-refractivity contribution is 5.96. The molecule has 0 fully saturated rings. The molecule has 1 aromatic carbocycles. The van der Waals surface area contributed by atoms with Gasteiger partial charge < -0.3 is 10.6 Å². The largest absolute Gasteiger partial charge is 0.352 e. The number of hydrogen-bond donors (Lipinski definition) is 2. The highest BCUT2D eigenvalue weighted by atomic mass is 19.1. The van der Waals surface area contributed by atoms with Crippen LogP contribution in [0.4, 0.5) is 4.39 Å². The molecule has 92 valence electrons. The smallest absolute Gasteiger partial charge is 0.251 e. The molecular weight excluding hydrogens is 223 g/mol. The minimum atomic E-state index is -0.482. The van der Waals surface area contributed by atoms with Gasteiger partial charge in [-0.3, -0.25) is 9.59 Å². The van der Waals surface area contributed by atoms with Crippen LogP contribution in [0.25, 0.3) is 0 Å². The third-order valence-electron chi connectivity index (χ3n) is 1.95. The fourth-order valence-corrected chi connectivity index (χ4v) is 1.27. The van der Waals surface area contributed by atoms with Gasteiger partial charge in [0, 0.05) is 11.6 Å². The molecular formula is C12H15FN2O2. The normalized spacial score (nSPS) is 10.1. The zero-order valence-electron chi connectivity index (χ0n) is 9.79. The molecule has 0 aromatic heterocycles. The predicted octanol–water partition coefficient (Wildman–Crippen LogP) is 1.08. The molecule has 2 N–H and O–H groups in total. The Labute approximate surface area is 99.2 Å². The van der Waals surface area contributed by atoms with E-state index in [1.165, 1.54) is 18.2 Å². The van der Waals surface area contributed by atoms with E-state index in [2.05, 4.69) is 10.6 Å². The SMILES string of the molecule is CC(C)NC(=O)CNC(=O)c1cccc(F)c1. The quantitative estimate of drug-likeness (QED) is 0.824. The molecule has 0 bridgehead atoms. The molecule has 17 heavy (non-hydrogen) atoms. The molecule has 0 aliphatic carbocycles. The maximum absolute atomic E-state index is 12.8. The van der Waals surface area contributed by atoms with Crippen LogP contribution in [0.15, 0.2) is 24.3 Å². The summed E-state index contributed by atoms with van der Waals surface area (Å²) in [4.78, 5) is 22.8. The topological polar surface area (TPSA) is 58.2 Å². The fraction of sp³-hybridized carbons (Fsp3) is 0.333. The van der Waals surface area contributed by atoms with Gasteiger partial charge in [0.1, 0.15) is 5.82 Å². The number of halogens is 1. The van der Waals surface area contributed by atoms with Crippen molar-refractivity contribution in [3.05, 3.63) is 35.6 Å². The molecule has 2 amide bonds. The highest BCUT2D eigenvalue weighted by Crippen LogP contribution is 2.02. The Morgan fingerprint density at radius 2 is 2.06 bits per heavy atom. The number of nitrogens with one attached hydrogen (secondary N) is 2. The van der Waals surface area contributed by atoms with Crippen molar-refractivity contribution in [1.29, 1.82) is 0 Å². The lowest BCUT2D eigenvalue weighted by atomic mass is 10.2. The first kappa shape index (κ1) is 13.2. The van der Waals surface area contributed by atoms with Crippen molar-refractivity contribution in [2.24, 2.45) is 0 Å². The molecule has 1 rings (SSSR count). The van der Waals surface area contributed by atoms with Crippen LogP contribution in [0, 0.1) is 5.82 Å². The lowest BCUT2D eigenvalue weighted by molar-refractivity contribution is -0.120. The van der Waals surface area contributed by atoms with E-state index in [4.69, 9.17) is 0 Å². The molecule has 0 aliphatic heterocycles. The average Bonchev–Trinajstić information content (AvgIpc) is 2.25. The summed E-state index contributed by atoms with van der Waals surface area (Å²) in [6, 6.07) is 5.32. The molecule has 4 nitrogen and oxygen atoms in total. The van der Waals surface area contributed by atoms with Crippen molar-refractivity contribution in [2.75, 3.05) is 6.54 Å². The first-order valence-corrected chi connectivity index (χ1v) is 5.32. The Kier molecular flexibility index (Phi) is 4.63. The molecule has 0 aliphatic rings. The number of amides is 2. The molecule has 0 heterocycles. The van der Waals surface area contributed by atoms with Crippen molar-refractivity contribution in [3.63, 3.8) is 0 Å². The lowest BCUT2D eigenvalue weighted by Crippen LogP contribution is -2.39. The van der Waals surface area contributed by atoms with E-state index in [0.29, 0.717) is 0 Å². The summed E-state index contributed by atoms with van der Waals surface area (Å²) in [6.07, 6.45) is 0. The van der Waals surface area contributed by atoms with Gasteiger partial charge in [0.15, 0.2) is 0 Å². The molecule has 0 saturated carbocycles. The van der Waals surface area contributed by atoms with E-state index in [9.17, 15) is 14.0 Å². The summed E-state index contributed by atoms with van der Waals surface area (Å²) in [5.74, 6) is -1.22. The van der Waals surface area contributed by atoms with Crippen LogP contribution >= 0.6 is 0 Å². The molecule has 0 atom stereocenters. The maximum atomic E-state index is 12.8. The second-order valence-corrected chi connectivity index (χ2v) is 3.92. The minimum Gasteiger partial charge on any atom is -0.352 e. The Hall–Kier alpha value is -1.91. The average molecular weight is 238 g/mol. The van der Waals surface area contributed by atoms with Gasteiger partial charge in [-0.25, -0.2) is 4.39 Å². The van der Waals surface area contributed by atoms with E-state index in [1.807, 2.05) is 13.8 Å². The van der Waals surface area contributed by atoms with E-state index in [-0.39, 0.29) is 24.1 Å². The van der Waals surface area contributed by atoms with Crippen molar-refractivity contribution in [2.45, 2.75) is 19.9 Å². The zero-order chi connectivity index (χ0) is 12.8. The molecule has 0 spiro atoms. The van der Waals surface area contributed by atoms with Gasteiger partial charge in [-0.1, -0.05) is 6.07 Å². The van der Waals surface area contributed by atoms with Gasteiger partial charge in [0.05, 0.1) is 6.54 Å². The van der Waals surface area contributed by atoms with Gasteiger partial charge in [0.2, 0.25) is 5.91 Å². The van der Waals surface area contributed by atoms with E-state index >= 15 is 0 Å². The number of carbonyl (C=O) groups excluding carboxylic acids is 2. The molecule has 0 saturated heterocycles. The lowest BCUT2D eigenvalue weighted by Gasteiger charge is -2.09. The first-order valence-electron chi connectivity index (χ1n) is 5.32.